The number of para-hydroxylation sites is 3. The van der Waals surface area contributed by atoms with Crippen molar-refractivity contribution in [3.05, 3.63) is 103 Å². The second-order valence-corrected chi connectivity index (χ2v) is 12.7. The van der Waals surface area contributed by atoms with Gasteiger partial charge < -0.3 is 14.6 Å². The molecule has 6 aromatic rings. The number of nitrogens with one attached hydrogen (secondary N) is 1. The Morgan fingerprint density at radius 2 is 1.48 bits per heavy atom. The van der Waals surface area contributed by atoms with Crippen LogP contribution in [0.3, 0.4) is 0 Å². The maximum absolute atomic E-state index is 13.4. The zero-order valence-electron chi connectivity index (χ0n) is 23.1. The molecule has 0 fully saturated rings. The predicted octanol–water partition coefficient (Wildman–Crippen LogP) is 8.93. The molecule has 0 saturated carbocycles. The molecule has 7 nitrogen and oxygen atoms in total. The van der Waals surface area contributed by atoms with Gasteiger partial charge in [-0.25, -0.2) is 13.4 Å². The first-order chi connectivity index (χ1) is 20.4. The monoisotopic (exact) mass is 616 g/mol. The number of anilines is 1. The van der Waals surface area contributed by atoms with Crippen LogP contribution in [-0.2, 0) is 10.0 Å². The van der Waals surface area contributed by atoms with E-state index in [0.717, 1.165) is 14.6 Å². The van der Waals surface area contributed by atoms with E-state index in [1.165, 1.54) is 35.2 Å². The van der Waals surface area contributed by atoms with Gasteiger partial charge in [0.1, 0.15) is 11.5 Å². The molecule has 0 aliphatic carbocycles. The quantitative estimate of drug-likeness (QED) is 0.165. The lowest BCUT2D eigenvalue weighted by Crippen LogP contribution is -2.13. The molecule has 0 spiro atoms. The number of phenols is 1. The van der Waals surface area contributed by atoms with E-state index in [2.05, 4.69) is 9.71 Å². The summed E-state index contributed by atoms with van der Waals surface area (Å²) in [4.78, 5) is 5.21. The van der Waals surface area contributed by atoms with Gasteiger partial charge in [0.05, 0.1) is 32.8 Å². The standard InChI is InChI=1S/C30H22N2O5S3.C2H6/c1-36-25-11-5-6-12-26(25)37-19-14-16-20(17-15-19)40(34,35)32-24-18-28(29(33)22-9-3-2-8-21(22)24)39-30-31-23-10-4-7-13-27(23)38-30;1-2/h2-18,32-33H,1H3;1-2H3. The molecule has 0 atom stereocenters. The van der Waals surface area contributed by atoms with Gasteiger partial charge in [0.2, 0.25) is 0 Å². The van der Waals surface area contributed by atoms with Gasteiger partial charge in [0.15, 0.2) is 15.8 Å². The summed E-state index contributed by atoms with van der Waals surface area (Å²) >= 11 is 2.80. The number of phenolic OH excluding ortho intramolecular Hbond substituents is 1. The lowest BCUT2D eigenvalue weighted by molar-refractivity contribution is 0.379. The largest absolute Gasteiger partial charge is 0.506 e. The van der Waals surface area contributed by atoms with E-state index in [-0.39, 0.29) is 10.6 Å². The number of aromatic nitrogens is 1. The molecule has 10 heteroatoms. The Balaban J connectivity index is 0.00000173. The highest BCUT2D eigenvalue weighted by molar-refractivity contribution is 8.01. The number of nitrogens with zero attached hydrogens (tertiary/aromatic N) is 1. The van der Waals surface area contributed by atoms with Gasteiger partial charge in [0, 0.05) is 10.8 Å². The van der Waals surface area contributed by atoms with Crippen molar-refractivity contribution in [2.45, 2.75) is 28.0 Å². The molecule has 2 N–H and O–H groups in total. The third-order valence-corrected chi connectivity index (χ3v) is 9.64. The molecule has 6 rings (SSSR count). The van der Waals surface area contributed by atoms with Crippen LogP contribution < -0.4 is 14.2 Å². The van der Waals surface area contributed by atoms with Crippen LogP contribution in [0.5, 0.6) is 23.0 Å². The fourth-order valence-electron chi connectivity index (χ4n) is 4.21. The number of fused-ring (bicyclic) bond motifs is 2. The van der Waals surface area contributed by atoms with Gasteiger partial charge in [-0.1, -0.05) is 74.1 Å². The topological polar surface area (TPSA) is 97.8 Å². The Bertz CT molecular complexity index is 1920. The third-order valence-electron chi connectivity index (χ3n) is 6.13. The number of ether oxygens (including phenoxy) is 2. The van der Waals surface area contributed by atoms with Gasteiger partial charge in [-0.2, -0.15) is 0 Å². The summed E-state index contributed by atoms with van der Waals surface area (Å²) in [5.74, 6) is 1.63. The van der Waals surface area contributed by atoms with E-state index in [4.69, 9.17) is 9.47 Å². The van der Waals surface area contributed by atoms with Crippen molar-refractivity contribution in [2.24, 2.45) is 0 Å². The van der Waals surface area contributed by atoms with Gasteiger partial charge >= 0.3 is 0 Å². The maximum Gasteiger partial charge on any atom is 0.261 e. The first-order valence-electron chi connectivity index (χ1n) is 13.1. The molecule has 5 aromatic carbocycles. The number of thiazole rings is 1. The molecule has 1 heterocycles. The van der Waals surface area contributed by atoms with Gasteiger partial charge in [-0.05, 0) is 54.6 Å². The molecular formula is C32H28N2O5S3. The minimum absolute atomic E-state index is 0.0670. The second-order valence-electron chi connectivity index (χ2n) is 8.70. The Hall–Kier alpha value is -4.25. The van der Waals surface area contributed by atoms with Crippen molar-refractivity contribution in [3.8, 4) is 23.0 Å². The predicted molar refractivity (Wildman–Crippen MR) is 171 cm³/mol. The summed E-state index contributed by atoms with van der Waals surface area (Å²) in [7, 11) is -2.41. The molecule has 0 amide bonds. The maximum atomic E-state index is 13.4. The summed E-state index contributed by atoms with van der Waals surface area (Å²) < 4.78 is 42.5. The molecule has 214 valence electrons. The Morgan fingerprint density at radius 1 is 0.833 bits per heavy atom. The van der Waals surface area contributed by atoms with Gasteiger partial charge in [-0.15, -0.1) is 11.3 Å². The SMILES string of the molecule is CC.COc1ccccc1Oc1ccc(S(=O)(=O)Nc2cc(Sc3nc4ccccc4s3)c(O)c3ccccc23)cc1. The first-order valence-corrected chi connectivity index (χ1v) is 16.2. The Morgan fingerprint density at radius 3 is 2.19 bits per heavy atom. The number of aromatic hydroxyl groups is 1. The third kappa shape index (κ3) is 6.15. The minimum atomic E-state index is -3.96. The molecule has 0 aliphatic rings. The molecule has 0 unspecified atom stereocenters. The van der Waals surface area contributed by atoms with Crippen molar-refractivity contribution in [2.75, 3.05) is 11.8 Å². The average Bonchev–Trinajstić information content (AvgIpc) is 3.43. The van der Waals surface area contributed by atoms with Crippen molar-refractivity contribution in [3.63, 3.8) is 0 Å². The molecule has 1 aromatic heterocycles. The van der Waals surface area contributed by atoms with Crippen molar-refractivity contribution < 1.29 is 23.0 Å². The average molecular weight is 617 g/mol. The van der Waals surface area contributed by atoms with Crippen molar-refractivity contribution >= 4 is 59.8 Å². The zero-order valence-corrected chi connectivity index (χ0v) is 25.5. The van der Waals surface area contributed by atoms with Crippen LogP contribution >= 0.6 is 23.1 Å². The van der Waals surface area contributed by atoms with Crippen LogP contribution in [-0.4, -0.2) is 25.6 Å². The smallest absolute Gasteiger partial charge is 0.261 e. The highest BCUT2D eigenvalue weighted by Gasteiger charge is 2.20. The van der Waals surface area contributed by atoms with Crippen LogP contribution in [0.15, 0.2) is 117 Å². The van der Waals surface area contributed by atoms with E-state index in [9.17, 15) is 13.5 Å². The summed E-state index contributed by atoms with van der Waals surface area (Å²) in [6.45, 7) is 4.00. The van der Waals surface area contributed by atoms with E-state index in [0.29, 0.717) is 38.6 Å². The van der Waals surface area contributed by atoms with E-state index in [1.807, 2.05) is 50.2 Å². The van der Waals surface area contributed by atoms with E-state index < -0.39 is 10.0 Å². The highest BCUT2D eigenvalue weighted by atomic mass is 32.2. The fraction of sp³-hybridized carbons (Fsp3) is 0.0938. The Labute approximate surface area is 252 Å². The number of benzene rings is 5. The summed E-state index contributed by atoms with van der Waals surface area (Å²) in [6.07, 6.45) is 0. The molecule has 0 aliphatic heterocycles. The van der Waals surface area contributed by atoms with Crippen molar-refractivity contribution in [1.82, 2.24) is 4.98 Å². The Kier molecular flexibility index (Phi) is 8.86. The van der Waals surface area contributed by atoms with Crippen LogP contribution in [0.1, 0.15) is 13.8 Å². The molecule has 0 bridgehead atoms. The number of methoxy groups -OCH3 is 1. The summed E-state index contributed by atoms with van der Waals surface area (Å²) in [6, 6.07) is 29.9. The van der Waals surface area contributed by atoms with Crippen LogP contribution in [0.2, 0.25) is 0 Å². The van der Waals surface area contributed by atoms with Gasteiger partial charge in [-0.3, -0.25) is 4.72 Å². The lowest BCUT2D eigenvalue weighted by Gasteiger charge is -2.15. The summed E-state index contributed by atoms with van der Waals surface area (Å²) in [5, 5.41) is 12.2. The molecule has 0 radical (unpaired) electrons. The van der Waals surface area contributed by atoms with E-state index >= 15 is 0 Å². The number of sulfonamides is 1. The fourth-order valence-corrected chi connectivity index (χ4v) is 7.39. The number of hydrogen-bond donors (Lipinski definition) is 2. The van der Waals surface area contributed by atoms with Crippen LogP contribution in [0.25, 0.3) is 21.0 Å². The van der Waals surface area contributed by atoms with Crippen LogP contribution in [0, 0.1) is 0 Å². The van der Waals surface area contributed by atoms with Gasteiger partial charge in [0.25, 0.3) is 10.0 Å². The lowest BCUT2D eigenvalue weighted by atomic mass is 10.1. The normalized spacial score (nSPS) is 11.1. The first kappa shape index (κ1) is 29.2. The minimum Gasteiger partial charge on any atom is -0.506 e. The molecule has 42 heavy (non-hydrogen) atoms. The number of rotatable bonds is 8. The summed E-state index contributed by atoms with van der Waals surface area (Å²) in [5.41, 5.74) is 1.22. The molecular weight excluding hydrogens is 589 g/mol. The second kappa shape index (κ2) is 12.7. The highest BCUT2D eigenvalue weighted by Crippen LogP contribution is 2.44. The van der Waals surface area contributed by atoms with E-state index in [1.54, 1.807) is 61.7 Å². The molecule has 0 saturated heterocycles. The van der Waals surface area contributed by atoms with Crippen LogP contribution in [0.4, 0.5) is 5.69 Å². The zero-order chi connectivity index (χ0) is 29.7. The number of hydrogen-bond acceptors (Lipinski definition) is 8. The van der Waals surface area contributed by atoms with Crippen molar-refractivity contribution in [1.29, 1.82) is 0 Å².